The SMILES string of the molecule is CC1=NS(=O)(=O)c2cc(S(N)(=O)=O)c([N+](=O)[O-])cc2N1. The number of hydrogen-bond acceptors (Lipinski definition) is 7. The van der Waals surface area contributed by atoms with Gasteiger partial charge in [0.15, 0.2) is 4.90 Å². The van der Waals surface area contributed by atoms with Crippen molar-refractivity contribution >= 4 is 37.3 Å². The summed E-state index contributed by atoms with van der Waals surface area (Å²) in [5.74, 6) is 0.00940. The highest BCUT2D eigenvalue weighted by molar-refractivity contribution is 7.91. The molecule has 10 nitrogen and oxygen atoms in total. The molecule has 12 heteroatoms. The van der Waals surface area contributed by atoms with E-state index in [1.807, 2.05) is 0 Å². The molecule has 0 aromatic heterocycles. The molecule has 0 unspecified atom stereocenters. The lowest BCUT2D eigenvalue weighted by Crippen LogP contribution is -2.21. The second-order valence-electron chi connectivity index (χ2n) is 3.89. The van der Waals surface area contributed by atoms with Crippen LogP contribution in [-0.4, -0.2) is 27.6 Å². The van der Waals surface area contributed by atoms with Crippen LogP contribution in [0.2, 0.25) is 0 Å². The highest BCUT2D eigenvalue weighted by Gasteiger charge is 2.32. The Morgan fingerprint density at radius 1 is 1.40 bits per heavy atom. The van der Waals surface area contributed by atoms with Crippen LogP contribution in [0.25, 0.3) is 0 Å². The molecule has 108 valence electrons. The van der Waals surface area contributed by atoms with Gasteiger partial charge in [0.1, 0.15) is 10.7 Å². The molecular formula is C8H8N4O6S2. The fraction of sp³-hybridized carbons (Fsp3) is 0.125. The van der Waals surface area contributed by atoms with Crippen LogP contribution >= 0.6 is 0 Å². The Morgan fingerprint density at radius 3 is 2.50 bits per heavy atom. The summed E-state index contributed by atoms with van der Waals surface area (Å²) >= 11 is 0. The minimum Gasteiger partial charge on any atom is -0.342 e. The molecule has 1 aliphatic rings. The molecule has 0 amide bonds. The first-order chi connectivity index (χ1) is 9.02. The zero-order valence-corrected chi connectivity index (χ0v) is 11.5. The molecule has 0 radical (unpaired) electrons. The molecule has 1 aromatic carbocycles. The number of nitrogens with zero attached hydrogens (tertiary/aromatic N) is 2. The summed E-state index contributed by atoms with van der Waals surface area (Å²) in [6.45, 7) is 1.35. The molecule has 1 heterocycles. The Labute approximate surface area is 113 Å². The number of amidine groups is 1. The highest BCUT2D eigenvalue weighted by Crippen LogP contribution is 2.35. The molecule has 0 bridgehead atoms. The number of rotatable bonds is 2. The van der Waals surface area contributed by atoms with Crippen LogP contribution in [0.15, 0.2) is 26.3 Å². The Morgan fingerprint density at radius 2 is 2.00 bits per heavy atom. The Balaban J connectivity index is 2.89. The average Bonchev–Trinajstić information content (AvgIpc) is 2.24. The molecule has 0 fully saturated rings. The average molecular weight is 320 g/mol. The van der Waals surface area contributed by atoms with Gasteiger partial charge in [0, 0.05) is 6.07 Å². The van der Waals surface area contributed by atoms with Gasteiger partial charge in [-0.1, -0.05) is 0 Å². The van der Waals surface area contributed by atoms with E-state index >= 15 is 0 Å². The zero-order valence-electron chi connectivity index (χ0n) is 9.89. The molecule has 0 atom stereocenters. The van der Waals surface area contributed by atoms with Crippen molar-refractivity contribution in [2.24, 2.45) is 9.54 Å². The monoisotopic (exact) mass is 320 g/mol. The number of nitro benzene ring substituents is 1. The van der Waals surface area contributed by atoms with Crippen molar-refractivity contribution < 1.29 is 21.8 Å². The summed E-state index contributed by atoms with van der Waals surface area (Å²) in [4.78, 5) is 8.54. The first-order valence-electron chi connectivity index (χ1n) is 4.96. The first kappa shape index (κ1) is 14.4. The van der Waals surface area contributed by atoms with Gasteiger partial charge in [-0.25, -0.2) is 13.6 Å². The number of anilines is 1. The minimum atomic E-state index is -4.46. The van der Waals surface area contributed by atoms with Crippen LogP contribution in [0.5, 0.6) is 0 Å². The third kappa shape index (κ3) is 2.35. The van der Waals surface area contributed by atoms with Crippen molar-refractivity contribution in [3.63, 3.8) is 0 Å². The van der Waals surface area contributed by atoms with Crippen molar-refractivity contribution in [2.45, 2.75) is 16.7 Å². The molecule has 0 aliphatic carbocycles. The standard InChI is InChI=1S/C8H8N4O6S2/c1-4-10-5-2-6(12(13)14)8(19(9,15)16)3-7(5)20(17,18)11-4/h2-3H,1H3,(H,10,11)(H2,9,15,16). The van der Waals surface area contributed by atoms with Crippen molar-refractivity contribution in [1.29, 1.82) is 0 Å². The molecule has 0 saturated carbocycles. The summed E-state index contributed by atoms with van der Waals surface area (Å²) in [6.07, 6.45) is 0. The maximum atomic E-state index is 11.8. The van der Waals surface area contributed by atoms with Crippen LogP contribution in [0.1, 0.15) is 6.92 Å². The van der Waals surface area contributed by atoms with Gasteiger partial charge in [-0.3, -0.25) is 10.1 Å². The molecule has 2 rings (SSSR count). The number of sulfonamides is 2. The summed E-state index contributed by atoms with van der Waals surface area (Å²) in [7, 11) is -8.59. The maximum Gasteiger partial charge on any atom is 0.291 e. The number of fused-ring (bicyclic) bond motifs is 1. The van der Waals surface area contributed by atoms with E-state index in [-0.39, 0.29) is 11.5 Å². The third-order valence-electron chi connectivity index (χ3n) is 2.41. The fourth-order valence-corrected chi connectivity index (χ4v) is 3.62. The van der Waals surface area contributed by atoms with E-state index in [2.05, 4.69) is 9.71 Å². The van der Waals surface area contributed by atoms with Crippen molar-refractivity contribution in [3.8, 4) is 0 Å². The molecular weight excluding hydrogens is 312 g/mol. The van der Waals surface area contributed by atoms with Crippen molar-refractivity contribution in [3.05, 3.63) is 22.2 Å². The Kier molecular flexibility index (Phi) is 3.03. The van der Waals surface area contributed by atoms with E-state index in [0.29, 0.717) is 6.07 Å². The van der Waals surface area contributed by atoms with E-state index in [9.17, 15) is 26.9 Å². The van der Waals surface area contributed by atoms with E-state index < -0.39 is 40.4 Å². The Bertz CT molecular complexity index is 855. The van der Waals surface area contributed by atoms with Crippen molar-refractivity contribution in [2.75, 3.05) is 5.32 Å². The van der Waals surface area contributed by atoms with E-state index in [0.717, 1.165) is 6.07 Å². The summed E-state index contributed by atoms with van der Waals surface area (Å²) in [5.41, 5.74) is -0.944. The maximum absolute atomic E-state index is 11.8. The quantitative estimate of drug-likeness (QED) is 0.561. The van der Waals surface area contributed by atoms with Gasteiger partial charge in [-0.05, 0) is 13.0 Å². The van der Waals surface area contributed by atoms with Gasteiger partial charge in [0.25, 0.3) is 15.7 Å². The van der Waals surface area contributed by atoms with Gasteiger partial charge in [0.2, 0.25) is 10.0 Å². The molecule has 0 spiro atoms. The van der Waals surface area contributed by atoms with E-state index in [1.165, 1.54) is 6.92 Å². The number of nitro groups is 1. The third-order valence-corrected chi connectivity index (χ3v) is 4.76. The predicted octanol–water partition coefficient (Wildman–Crippen LogP) is -0.225. The number of primary sulfonamides is 1. The second-order valence-corrected chi connectivity index (χ2v) is 7.00. The first-order valence-corrected chi connectivity index (χ1v) is 7.95. The van der Waals surface area contributed by atoms with Gasteiger partial charge < -0.3 is 5.32 Å². The highest BCUT2D eigenvalue weighted by atomic mass is 32.2. The summed E-state index contributed by atoms with van der Waals surface area (Å²) in [6, 6.07) is 1.42. The van der Waals surface area contributed by atoms with Gasteiger partial charge >= 0.3 is 0 Å². The predicted molar refractivity (Wildman–Crippen MR) is 68.4 cm³/mol. The van der Waals surface area contributed by atoms with Crippen LogP contribution in [0.3, 0.4) is 0 Å². The minimum absolute atomic E-state index is 0.00940. The largest absolute Gasteiger partial charge is 0.342 e. The van der Waals surface area contributed by atoms with Gasteiger partial charge in [0.05, 0.1) is 10.6 Å². The van der Waals surface area contributed by atoms with E-state index in [1.54, 1.807) is 0 Å². The lowest BCUT2D eigenvalue weighted by Gasteiger charge is -2.16. The fourth-order valence-electron chi connectivity index (χ4n) is 1.68. The molecule has 1 aromatic rings. The lowest BCUT2D eigenvalue weighted by atomic mass is 10.2. The summed E-state index contributed by atoms with van der Waals surface area (Å²) < 4.78 is 49.6. The molecule has 0 saturated heterocycles. The number of benzene rings is 1. The topological polar surface area (TPSA) is 162 Å². The smallest absolute Gasteiger partial charge is 0.291 e. The normalized spacial score (nSPS) is 16.8. The lowest BCUT2D eigenvalue weighted by molar-refractivity contribution is -0.387. The number of hydrogen-bond donors (Lipinski definition) is 2. The Hall–Kier alpha value is -2.05. The number of nitrogens with one attached hydrogen (secondary N) is 1. The van der Waals surface area contributed by atoms with Crippen LogP contribution < -0.4 is 10.5 Å². The van der Waals surface area contributed by atoms with Crippen molar-refractivity contribution in [1.82, 2.24) is 0 Å². The molecule has 3 N–H and O–H groups in total. The number of nitrogens with two attached hydrogens (primary N) is 1. The van der Waals surface area contributed by atoms with Gasteiger partial charge in [-0.15, -0.1) is 4.40 Å². The van der Waals surface area contributed by atoms with Crippen LogP contribution in [-0.2, 0) is 20.0 Å². The van der Waals surface area contributed by atoms with Crippen LogP contribution in [0, 0.1) is 10.1 Å². The van der Waals surface area contributed by atoms with Crippen LogP contribution in [0.4, 0.5) is 11.4 Å². The van der Waals surface area contributed by atoms with Gasteiger partial charge in [-0.2, -0.15) is 8.42 Å². The second kappa shape index (κ2) is 4.22. The zero-order chi connectivity index (χ0) is 15.3. The molecule has 1 aliphatic heterocycles. The summed E-state index contributed by atoms with van der Waals surface area (Å²) in [5, 5.41) is 18.3. The van der Waals surface area contributed by atoms with E-state index in [4.69, 9.17) is 5.14 Å². The molecule has 20 heavy (non-hydrogen) atoms.